The average molecular weight is 526 g/mol. The fraction of sp³-hybridized carbons (Fsp3) is 0.280. The van der Waals surface area contributed by atoms with Gasteiger partial charge in [-0.1, -0.05) is 42.0 Å². The molecule has 0 radical (unpaired) electrons. The Morgan fingerprint density at radius 3 is 2.12 bits per heavy atom. The van der Waals surface area contributed by atoms with Gasteiger partial charge < -0.3 is 9.31 Å². The van der Waals surface area contributed by atoms with E-state index < -0.39 is 28.3 Å². The summed E-state index contributed by atoms with van der Waals surface area (Å²) in [6.45, 7) is 9.99. The molecule has 1 aromatic heterocycles. The predicted octanol–water partition coefficient (Wildman–Crippen LogP) is 5.40. The third kappa shape index (κ3) is 3.46. The van der Waals surface area contributed by atoms with Gasteiger partial charge in [-0.25, -0.2) is 12.4 Å². The van der Waals surface area contributed by atoms with Crippen LogP contribution in [0.1, 0.15) is 33.3 Å². The van der Waals surface area contributed by atoms with E-state index in [-0.39, 0.29) is 4.90 Å². The van der Waals surface area contributed by atoms with Crippen molar-refractivity contribution in [2.24, 2.45) is 0 Å². The molecule has 170 valence electrons. The summed E-state index contributed by atoms with van der Waals surface area (Å²) in [6.07, 6.45) is 0. The number of hydrogen-bond donors (Lipinski definition) is 0. The molecule has 2 heterocycles. The second-order valence-corrected chi connectivity index (χ2v) is 12.2. The number of halogens is 1. The summed E-state index contributed by atoms with van der Waals surface area (Å²) in [4.78, 5) is 0.248. The Balaban J connectivity index is 1.77. The topological polar surface area (TPSA) is 57.5 Å². The van der Waals surface area contributed by atoms with Crippen LogP contribution in [0.25, 0.3) is 21.8 Å². The number of rotatable bonds is 3. The highest BCUT2D eigenvalue weighted by Crippen LogP contribution is 2.39. The lowest BCUT2D eigenvalue weighted by atomic mass is 9.78. The van der Waals surface area contributed by atoms with E-state index in [4.69, 9.17) is 9.31 Å². The van der Waals surface area contributed by atoms with Crippen LogP contribution in [0.4, 0.5) is 0 Å². The molecule has 5 rings (SSSR count). The van der Waals surface area contributed by atoms with Gasteiger partial charge >= 0.3 is 7.12 Å². The maximum Gasteiger partial charge on any atom is 0.494 e. The van der Waals surface area contributed by atoms with Gasteiger partial charge in [0.05, 0.1) is 27.1 Å². The fourth-order valence-electron chi connectivity index (χ4n) is 4.21. The van der Waals surface area contributed by atoms with Crippen LogP contribution in [0.2, 0.25) is 0 Å². The van der Waals surface area contributed by atoms with E-state index >= 15 is 0 Å². The van der Waals surface area contributed by atoms with E-state index in [0.29, 0.717) is 15.5 Å². The summed E-state index contributed by atoms with van der Waals surface area (Å²) in [6, 6.07) is 18.3. The number of aromatic nitrogens is 1. The third-order valence-electron chi connectivity index (χ3n) is 6.79. The van der Waals surface area contributed by atoms with Gasteiger partial charge in [0.25, 0.3) is 10.0 Å². The summed E-state index contributed by atoms with van der Waals surface area (Å²) in [5, 5.41) is 1.67. The highest BCUT2D eigenvalue weighted by atomic mass is 79.9. The summed E-state index contributed by atoms with van der Waals surface area (Å²) in [7, 11) is -4.38. The Morgan fingerprint density at radius 1 is 0.879 bits per heavy atom. The lowest BCUT2D eigenvalue weighted by Gasteiger charge is -2.32. The summed E-state index contributed by atoms with van der Waals surface area (Å²) in [5.41, 5.74) is 2.12. The van der Waals surface area contributed by atoms with Crippen LogP contribution >= 0.6 is 15.9 Å². The molecule has 8 heteroatoms. The molecule has 0 saturated carbocycles. The highest BCUT2D eigenvalue weighted by Gasteiger charge is 2.51. The van der Waals surface area contributed by atoms with E-state index in [9.17, 15) is 8.42 Å². The average Bonchev–Trinajstić information content (AvgIpc) is 3.19. The van der Waals surface area contributed by atoms with Crippen molar-refractivity contribution in [3.05, 3.63) is 70.7 Å². The standard InChI is InChI=1S/C25H25BBrNO4S/c1-16-10-12-18(13-11-16)33(29,30)28-22-9-7-6-8-19(22)20-14-17(15-21(27)23(20)28)26-31-24(2,3)25(4,5)32-26/h6-15H,1-5H3. The van der Waals surface area contributed by atoms with Crippen molar-refractivity contribution in [1.29, 1.82) is 0 Å². The monoisotopic (exact) mass is 525 g/mol. The molecule has 33 heavy (non-hydrogen) atoms. The van der Waals surface area contributed by atoms with Crippen molar-refractivity contribution in [3.8, 4) is 0 Å². The first-order valence-corrected chi connectivity index (χ1v) is 13.1. The SMILES string of the molecule is Cc1ccc(S(=O)(=O)n2c3ccccc3c3cc(B4OC(C)(C)C(C)(C)O4)cc(Br)c32)cc1. The van der Waals surface area contributed by atoms with Gasteiger partial charge in [-0.15, -0.1) is 0 Å². The molecule has 1 fully saturated rings. The van der Waals surface area contributed by atoms with E-state index in [2.05, 4.69) is 15.9 Å². The number of hydrogen-bond acceptors (Lipinski definition) is 4. The van der Waals surface area contributed by atoms with Gasteiger partial charge in [0, 0.05) is 15.2 Å². The summed E-state index contributed by atoms with van der Waals surface area (Å²) in [5.74, 6) is 0. The van der Waals surface area contributed by atoms with E-state index in [1.807, 2.05) is 83.1 Å². The molecule has 0 aliphatic carbocycles. The maximum atomic E-state index is 13.8. The quantitative estimate of drug-likeness (QED) is 0.336. The first-order chi connectivity index (χ1) is 15.4. The number of benzene rings is 3. The van der Waals surface area contributed by atoms with Crippen molar-refractivity contribution in [2.45, 2.75) is 50.7 Å². The molecular formula is C25H25BBrNO4S. The molecule has 0 spiro atoms. The van der Waals surface area contributed by atoms with E-state index in [1.54, 1.807) is 12.1 Å². The molecule has 0 unspecified atom stereocenters. The first kappa shape index (κ1) is 22.7. The fourth-order valence-corrected chi connectivity index (χ4v) is 6.53. The molecule has 0 atom stereocenters. The summed E-state index contributed by atoms with van der Waals surface area (Å²) < 4.78 is 42.2. The van der Waals surface area contributed by atoms with E-state index in [1.165, 1.54) is 3.97 Å². The molecule has 1 saturated heterocycles. The van der Waals surface area contributed by atoms with Crippen LogP contribution in [0, 0.1) is 6.92 Å². The lowest BCUT2D eigenvalue weighted by molar-refractivity contribution is 0.00578. The van der Waals surface area contributed by atoms with Gasteiger partial charge in [-0.3, -0.25) is 0 Å². The molecule has 0 N–H and O–H groups in total. The Labute approximate surface area is 203 Å². The van der Waals surface area contributed by atoms with Gasteiger partial charge in [0.15, 0.2) is 0 Å². The number of aryl methyl sites for hydroxylation is 1. The molecule has 1 aliphatic rings. The molecule has 0 bridgehead atoms. The van der Waals surface area contributed by atoms with Gasteiger partial charge in [-0.2, -0.15) is 0 Å². The minimum absolute atomic E-state index is 0.248. The van der Waals surface area contributed by atoms with Crippen molar-refractivity contribution in [3.63, 3.8) is 0 Å². The molecule has 1 aliphatic heterocycles. The largest absolute Gasteiger partial charge is 0.494 e. The molecular weight excluding hydrogens is 501 g/mol. The van der Waals surface area contributed by atoms with Crippen molar-refractivity contribution in [1.82, 2.24) is 3.97 Å². The number of nitrogens with zero attached hydrogens (tertiary/aromatic N) is 1. The van der Waals surface area contributed by atoms with Crippen LogP contribution in [0.5, 0.6) is 0 Å². The minimum atomic E-state index is -3.83. The minimum Gasteiger partial charge on any atom is -0.399 e. The van der Waals surface area contributed by atoms with Crippen molar-refractivity contribution >= 4 is 60.3 Å². The zero-order valence-electron chi connectivity index (χ0n) is 19.2. The van der Waals surface area contributed by atoms with Gasteiger partial charge in [-0.05, 0) is 80.3 Å². The number of fused-ring (bicyclic) bond motifs is 3. The third-order valence-corrected chi connectivity index (χ3v) is 9.12. The second-order valence-electron chi connectivity index (χ2n) is 9.59. The van der Waals surface area contributed by atoms with Crippen molar-refractivity contribution < 1.29 is 17.7 Å². The predicted molar refractivity (Wildman–Crippen MR) is 137 cm³/mol. The van der Waals surface area contributed by atoms with Crippen LogP contribution in [0.3, 0.4) is 0 Å². The van der Waals surface area contributed by atoms with Crippen LogP contribution in [-0.2, 0) is 19.3 Å². The molecule has 0 amide bonds. The zero-order chi connectivity index (χ0) is 23.8. The Hall–Kier alpha value is -2.13. The normalized spacial score (nSPS) is 17.8. The van der Waals surface area contributed by atoms with Crippen LogP contribution < -0.4 is 5.46 Å². The van der Waals surface area contributed by atoms with Crippen molar-refractivity contribution in [2.75, 3.05) is 0 Å². The molecule has 5 nitrogen and oxygen atoms in total. The second kappa shape index (κ2) is 7.44. The molecule has 4 aromatic rings. The summed E-state index contributed by atoms with van der Waals surface area (Å²) >= 11 is 3.66. The lowest BCUT2D eigenvalue weighted by Crippen LogP contribution is -2.41. The maximum absolute atomic E-state index is 13.8. The van der Waals surface area contributed by atoms with Gasteiger partial charge in [0.1, 0.15) is 0 Å². The number of para-hydroxylation sites is 1. The Morgan fingerprint density at radius 2 is 1.48 bits per heavy atom. The van der Waals surface area contributed by atoms with E-state index in [0.717, 1.165) is 21.8 Å². The molecule has 3 aromatic carbocycles. The Kier molecular flexibility index (Phi) is 5.11. The highest BCUT2D eigenvalue weighted by molar-refractivity contribution is 9.10. The Bertz CT molecular complexity index is 1490. The zero-order valence-corrected chi connectivity index (χ0v) is 21.6. The van der Waals surface area contributed by atoms with Crippen LogP contribution in [0.15, 0.2) is 70.0 Å². The first-order valence-electron chi connectivity index (χ1n) is 10.8. The smallest absolute Gasteiger partial charge is 0.399 e. The van der Waals surface area contributed by atoms with Gasteiger partial charge in [0.2, 0.25) is 0 Å². The van der Waals surface area contributed by atoms with Crippen LogP contribution in [-0.4, -0.2) is 30.7 Å².